The maximum atomic E-state index is 12.9. The van der Waals surface area contributed by atoms with Gasteiger partial charge in [-0.25, -0.2) is 5.01 Å². The van der Waals surface area contributed by atoms with Crippen molar-refractivity contribution in [2.75, 3.05) is 6.54 Å². The van der Waals surface area contributed by atoms with Crippen LogP contribution in [0.4, 0.5) is 0 Å². The molecule has 5 nitrogen and oxygen atoms in total. The van der Waals surface area contributed by atoms with Crippen LogP contribution in [0.2, 0.25) is 0 Å². The van der Waals surface area contributed by atoms with Crippen LogP contribution in [-0.2, 0) is 4.79 Å². The second-order valence-electron chi connectivity index (χ2n) is 7.99. The number of nitrogens with zero attached hydrogens (tertiary/aromatic N) is 1. The molecule has 4 rings (SSSR count). The minimum absolute atomic E-state index is 0.0311. The lowest BCUT2D eigenvalue weighted by atomic mass is 9.89. The van der Waals surface area contributed by atoms with Gasteiger partial charge >= 0.3 is 0 Å². The molecule has 4 aliphatic rings. The molecule has 2 saturated carbocycles. The molecule has 0 bridgehead atoms. The molecule has 2 saturated heterocycles. The Bertz CT molecular complexity index is 493. The van der Waals surface area contributed by atoms with Crippen LogP contribution in [0.1, 0.15) is 45.4 Å². The highest BCUT2D eigenvalue weighted by atomic mass is 35.5. The first-order valence-corrected chi connectivity index (χ1v) is 10.3. The molecule has 3 N–H and O–H groups in total. The normalized spacial score (nSPS) is 48.8. The van der Waals surface area contributed by atoms with E-state index in [0.29, 0.717) is 24.5 Å². The summed E-state index contributed by atoms with van der Waals surface area (Å²) in [5, 5.41) is 9.24. The first-order valence-electron chi connectivity index (χ1n) is 9.41. The molecule has 2 heterocycles. The average molecular weight is 375 g/mol. The van der Waals surface area contributed by atoms with E-state index in [1.807, 2.05) is 0 Å². The van der Waals surface area contributed by atoms with Gasteiger partial charge in [-0.2, -0.15) is 0 Å². The van der Waals surface area contributed by atoms with E-state index in [2.05, 4.69) is 28.0 Å². The van der Waals surface area contributed by atoms with Gasteiger partial charge in [-0.3, -0.25) is 15.5 Å². The molecule has 8 unspecified atom stereocenters. The molecule has 0 spiro atoms. The maximum Gasteiger partial charge on any atom is 0.227 e. The molecule has 136 valence electrons. The Labute approximate surface area is 154 Å². The molecule has 2 aliphatic carbocycles. The molecule has 2 aliphatic heterocycles. The number of carbonyl (C=O) groups excluding carboxylic acids is 1. The highest BCUT2D eigenvalue weighted by molar-refractivity contribution is 6.30. The lowest BCUT2D eigenvalue weighted by molar-refractivity contribution is -0.127. The summed E-state index contributed by atoms with van der Waals surface area (Å²) in [4.78, 5) is 12.9. The Morgan fingerprint density at radius 3 is 2.79 bits per heavy atom. The smallest absolute Gasteiger partial charge is 0.227 e. The van der Waals surface area contributed by atoms with Crippen LogP contribution in [-0.4, -0.2) is 52.5 Å². The fraction of sp³-hybridized carbons (Fsp3) is 0.941. The fourth-order valence-electron chi connectivity index (χ4n) is 5.17. The predicted molar refractivity (Wildman–Crippen MR) is 95.9 cm³/mol. The van der Waals surface area contributed by atoms with Gasteiger partial charge in [-0.05, 0) is 44.9 Å². The highest BCUT2D eigenvalue weighted by Gasteiger charge is 2.50. The zero-order valence-corrected chi connectivity index (χ0v) is 15.7. The minimum atomic E-state index is -0.0454. The van der Waals surface area contributed by atoms with Crippen LogP contribution >= 0.6 is 23.2 Å². The van der Waals surface area contributed by atoms with Crippen LogP contribution in [0, 0.1) is 11.8 Å². The number of halogens is 2. The van der Waals surface area contributed by atoms with Crippen molar-refractivity contribution < 1.29 is 4.79 Å². The second-order valence-corrected chi connectivity index (χ2v) is 9.11. The lowest BCUT2D eigenvalue weighted by Crippen LogP contribution is -2.64. The summed E-state index contributed by atoms with van der Waals surface area (Å²) in [7, 11) is 0. The van der Waals surface area contributed by atoms with E-state index in [0.717, 1.165) is 19.3 Å². The number of hydrogen-bond acceptors (Lipinski definition) is 4. The van der Waals surface area contributed by atoms with Gasteiger partial charge < -0.3 is 5.32 Å². The van der Waals surface area contributed by atoms with E-state index >= 15 is 0 Å². The number of nitrogens with one attached hydrogen (secondary N) is 3. The predicted octanol–water partition coefficient (Wildman–Crippen LogP) is 1.79. The van der Waals surface area contributed by atoms with Gasteiger partial charge in [0.2, 0.25) is 5.91 Å². The van der Waals surface area contributed by atoms with Crippen molar-refractivity contribution in [1.29, 1.82) is 0 Å². The van der Waals surface area contributed by atoms with E-state index < -0.39 is 0 Å². The van der Waals surface area contributed by atoms with Crippen molar-refractivity contribution in [1.82, 2.24) is 21.1 Å². The minimum Gasteiger partial charge on any atom is -0.353 e. The van der Waals surface area contributed by atoms with E-state index in [4.69, 9.17) is 23.2 Å². The number of fused-ring (bicyclic) bond motifs is 3. The van der Waals surface area contributed by atoms with E-state index in [-0.39, 0.29) is 34.8 Å². The average Bonchev–Trinajstić information content (AvgIpc) is 3.17. The van der Waals surface area contributed by atoms with Gasteiger partial charge in [0.1, 0.15) is 0 Å². The Morgan fingerprint density at radius 2 is 2.00 bits per heavy atom. The molecule has 0 aromatic heterocycles. The molecule has 7 heteroatoms. The zero-order chi connectivity index (χ0) is 16.8. The summed E-state index contributed by atoms with van der Waals surface area (Å²) >= 11 is 12.5. The van der Waals surface area contributed by atoms with Crippen molar-refractivity contribution >= 4 is 29.1 Å². The number of amides is 1. The van der Waals surface area contributed by atoms with Crippen LogP contribution in [0.3, 0.4) is 0 Å². The Kier molecular flexibility index (Phi) is 5.00. The molecule has 24 heavy (non-hydrogen) atoms. The molecule has 0 radical (unpaired) electrons. The third-order valence-corrected chi connectivity index (χ3v) is 7.65. The molecular formula is C17H28Cl2N4O. The number of carbonyl (C=O) groups is 1. The van der Waals surface area contributed by atoms with E-state index in [1.54, 1.807) is 0 Å². The zero-order valence-electron chi connectivity index (χ0n) is 14.2. The monoisotopic (exact) mass is 374 g/mol. The second kappa shape index (κ2) is 6.92. The van der Waals surface area contributed by atoms with Crippen molar-refractivity contribution in [3.8, 4) is 0 Å². The van der Waals surface area contributed by atoms with Crippen LogP contribution in [0.5, 0.6) is 0 Å². The van der Waals surface area contributed by atoms with Crippen molar-refractivity contribution in [3.05, 3.63) is 0 Å². The fourth-order valence-corrected chi connectivity index (χ4v) is 5.74. The van der Waals surface area contributed by atoms with Gasteiger partial charge in [0.05, 0.1) is 22.8 Å². The van der Waals surface area contributed by atoms with Crippen LogP contribution in [0.25, 0.3) is 0 Å². The topological polar surface area (TPSA) is 56.4 Å². The van der Waals surface area contributed by atoms with Gasteiger partial charge in [-0.1, -0.05) is 6.42 Å². The largest absolute Gasteiger partial charge is 0.353 e. The Morgan fingerprint density at radius 1 is 1.17 bits per heavy atom. The summed E-state index contributed by atoms with van der Waals surface area (Å²) < 4.78 is 0. The van der Waals surface area contributed by atoms with Gasteiger partial charge in [0.15, 0.2) is 0 Å². The molecule has 1 amide bonds. The summed E-state index contributed by atoms with van der Waals surface area (Å²) in [5.74, 6) is 0.802. The third kappa shape index (κ3) is 3.07. The molecular weight excluding hydrogens is 347 g/mol. The van der Waals surface area contributed by atoms with Gasteiger partial charge in [0, 0.05) is 24.7 Å². The number of rotatable bonds is 2. The quantitative estimate of drug-likeness (QED) is 0.645. The number of alkyl halides is 2. The number of hydrogen-bond donors (Lipinski definition) is 3. The van der Waals surface area contributed by atoms with Crippen LogP contribution in [0.15, 0.2) is 0 Å². The Balaban J connectivity index is 1.39. The molecule has 8 atom stereocenters. The van der Waals surface area contributed by atoms with Crippen molar-refractivity contribution in [3.63, 3.8) is 0 Å². The summed E-state index contributed by atoms with van der Waals surface area (Å²) in [5.41, 5.74) is 3.50. The molecule has 4 fully saturated rings. The standard InChI is InChI=1S/C17H28Cl2N4O/c1-9-11-3-2-4-15(11)23-16(21-9)12(8-20-23)17(24)22-10-5-6-13(18)14(19)7-10/h9-16,20-21H,2-8H2,1H3,(H,22,24). The van der Waals surface area contributed by atoms with Crippen molar-refractivity contribution in [2.45, 2.75) is 80.5 Å². The number of hydrazine groups is 1. The molecule has 0 aromatic carbocycles. The first-order chi connectivity index (χ1) is 11.5. The molecule has 0 aromatic rings. The van der Waals surface area contributed by atoms with Gasteiger partial charge in [-0.15, -0.1) is 23.2 Å². The van der Waals surface area contributed by atoms with E-state index in [9.17, 15) is 4.79 Å². The summed E-state index contributed by atoms with van der Waals surface area (Å²) in [6.45, 7) is 2.99. The SMILES string of the molecule is CC1NC2C(C(=O)NC3CCC(Cl)C(Cl)C3)CNN2C2CCCC12. The summed E-state index contributed by atoms with van der Waals surface area (Å²) in [6.07, 6.45) is 6.49. The Hall–Kier alpha value is -0.0700. The lowest BCUT2D eigenvalue weighted by Gasteiger charge is -2.45. The van der Waals surface area contributed by atoms with Gasteiger partial charge in [0.25, 0.3) is 0 Å². The maximum absolute atomic E-state index is 12.9. The highest BCUT2D eigenvalue weighted by Crippen LogP contribution is 2.38. The summed E-state index contributed by atoms with van der Waals surface area (Å²) in [6, 6.07) is 1.21. The van der Waals surface area contributed by atoms with Crippen molar-refractivity contribution in [2.24, 2.45) is 11.8 Å². The first kappa shape index (κ1) is 17.3. The van der Waals surface area contributed by atoms with Crippen LogP contribution < -0.4 is 16.1 Å². The third-order valence-electron chi connectivity index (χ3n) is 6.52. The van der Waals surface area contributed by atoms with E-state index in [1.165, 1.54) is 19.3 Å².